The van der Waals surface area contributed by atoms with Gasteiger partial charge in [-0.3, -0.25) is 9.69 Å². The number of amides is 1. The maximum absolute atomic E-state index is 12.7. The molecule has 1 N–H and O–H groups in total. The molecule has 1 amide bonds. The Balaban J connectivity index is 1.41. The van der Waals surface area contributed by atoms with Crippen molar-refractivity contribution in [2.24, 2.45) is 0 Å². The van der Waals surface area contributed by atoms with Crippen LogP contribution in [0.4, 0.5) is 0 Å². The molecule has 2 heterocycles. The minimum atomic E-state index is -0.247. The lowest BCUT2D eigenvalue weighted by atomic mass is 9.78. The Labute approximate surface area is 202 Å². The number of methoxy groups -OCH3 is 1. The van der Waals surface area contributed by atoms with Gasteiger partial charge in [0.15, 0.2) is 0 Å². The van der Waals surface area contributed by atoms with E-state index in [0.29, 0.717) is 6.42 Å². The predicted molar refractivity (Wildman–Crippen MR) is 137 cm³/mol. The van der Waals surface area contributed by atoms with E-state index in [1.807, 2.05) is 12.1 Å². The van der Waals surface area contributed by atoms with Gasteiger partial charge in [-0.15, -0.1) is 0 Å². The largest absolute Gasteiger partial charge is 0.496 e. The molecule has 2 fully saturated rings. The highest BCUT2D eigenvalue weighted by Gasteiger charge is 2.49. The van der Waals surface area contributed by atoms with Crippen molar-refractivity contribution in [1.29, 1.82) is 0 Å². The van der Waals surface area contributed by atoms with Crippen molar-refractivity contribution in [2.75, 3.05) is 20.2 Å². The summed E-state index contributed by atoms with van der Waals surface area (Å²) >= 11 is 0. The molecular formula is C30H34N2O2. The van der Waals surface area contributed by atoms with Gasteiger partial charge in [0.2, 0.25) is 5.91 Å². The fourth-order valence-corrected chi connectivity index (χ4v) is 5.93. The van der Waals surface area contributed by atoms with Gasteiger partial charge in [-0.05, 0) is 48.1 Å². The summed E-state index contributed by atoms with van der Waals surface area (Å²) < 4.78 is 5.74. The number of carbonyl (C=O) groups is 1. The standard InChI is InChI=1S/C30H34N2O2/c1-22-9-3-4-10-25(22)24-16-14-23(15-17-24)19-32-20-27(26-11-5-6-12-28(26)34-2)30(21-32)18-8-7-13-29(33)31-30/h3-6,9-12,14-17,27H,7-8,13,18-21H2,1-2H3,(H,31,33)/t27-,30+/m0/s1. The maximum Gasteiger partial charge on any atom is 0.220 e. The Morgan fingerprint density at radius 1 is 1.00 bits per heavy atom. The molecule has 2 aliphatic heterocycles. The molecule has 4 nitrogen and oxygen atoms in total. The van der Waals surface area contributed by atoms with Crippen molar-refractivity contribution in [1.82, 2.24) is 10.2 Å². The van der Waals surface area contributed by atoms with Gasteiger partial charge in [0.05, 0.1) is 12.6 Å². The first-order chi connectivity index (χ1) is 16.6. The second kappa shape index (κ2) is 9.63. The van der Waals surface area contributed by atoms with E-state index < -0.39 is 0 Å². The van der Waals surface area contributed by atoms with E-state index in [4.69, 9.17) is 4.74 Å². The number of hydrogen-bond acceptors (Lipinski definition) is 3. The minimum Gasteiger partial charge on any atom is -0.496 e. The first kappa shape index (κ1) is 22.7. The molecule has 0 unspecified atom stereocenters. The lowest BCUT2D eigenvalue weighted by Crippen LogP contribution is -2.52. The number of nitrogens with zero attached hydrogens (tertiary/aromatic N) is 1. The molecule has 176 valence electrons. The number of likely N-dealkylation sites (tertiary alicyclic amines) is 1. The fraction of sp³-hybridized carbons (Fsp3) is 0.367. The Hall–Kier alpha value is -3.11. The zero-order chi connectivity index (χ0) is 23.5. The first-order valence-electron chi connectivity index (χ1n) is 12.4. The number of benzene rings is 3. The van der Waals surface area contributed by atoms with Crippen molar-refractivity contribution >= 4 is 5.91 Å². The molecule has 4 heteroatoms. The number of rotatable bonds is 5. The Morgan fingerprint density at radius 3 is 2.56 bits per heavy atom. The average molecular weight is 455 g/mol. The van der Waals surface area contributed by atoms with Crippen LogP contribution < -0.4 is 10.1 Å². The molecule has 0 radical (unpaired) electrons. The van der Waals surface area contributed by atoms with Crippen LogP contribution in [0.2, 0.25) is 0 Å². The molecule has 34 heavy (non-hydrogen) atoms. The number of nitrogens with one attached hydrogen (secondary N) is 1. The van der Waals surface area contributed by atoms with E-state index in [9.17, 15) is 4.79 Å². The summed E-state index contributed by atoms with van der Waals surface area (Å²) in [5.41, 5.74) is 6.08. The third kappa shape index (κ3) is 4.47. The molecule has 3 aromatic rings. The van der Waals surface area contributed by atoms with Gasteiger partial charge in [-0.2, -0.15) is 0 Å². The third-order valence-corrected chi connectivity index (χ3v) is 7.61. The van der Waals surface area contributed by atoms with Gasteiger partial charge in [-0.25, -0.2) is 0 Å². The summed E-state index contributed by atoms with van der Waals surface area (Å²) in [6.45, 7) is 4.80. The van der Waals surface area contributed by atoms with E-state index in [-0.39, 0.29) is 17.4 Å². The summed E-state index contributed by atoms with van der Waals surface area (Å²) in [6.07, 6.45) is 3.67. The van der Waals surface area contributed by atoms with Gasteiger partial charge in [-0.1, -0.05) is 73.2 Å². The highest BCUT2D eigenvalue weighted by molar-refractivity contribution is 5.77. The summed E-state index contributed by atoms with van der Waals surface area (Å²) in [5.74, 6) is 1.30. The second-order valence-corrected chi connectivity index (χ2v) is 9.89. The summed E-state index contributed by atoms with van der Waals surface area (Å²) in [4.78, 5) is 15.2. The van der Waals surface area contributed by atoms with Crippen molar-refractivity contribution in [2.45, 2.75) is 50.6 Å². The fourth-order valence-electron chi connectivity index (χ4n) is 5.93. The van der Waals surface area contributed by atoms with Crippen LogP contribution >= 0.6 is 0 Å². The molecule has 2 atom stereocenters. The molecular weight excluding hydrogens is 420 g/mol. The number of ether oxygens (including phenoxy) is 1. The van der Waals surface area contributed by atoms with Crippen LogP contribution in [0.5, 0.6) is 5.75 Å². The number of para-hydroxylation sites is 1. The average Bonchev–Trinajstić information content (AvgIpc) is 3.07. The number of carbonyl (C=O) groups excluding carboxylic acids is 1. The van der Waals surface area contributed by atoms with E-state index in [1.54, 1.807) is 7.11 Å². The third-order valence-electron chi connectivity index (χ3n) is 7.61. The predicted octanol–water partition coefficient (Wildman–Crippen LogP) is 5.70. The zero-order valence-corrected chi connectivity index (χ0v) is 20.2. The number of hydrogen-bond donors (Lipinski definition) is 1. The van der Waals surface area contributed by atoms with Gasteiger partial charge in [0, 0.05) is 37.5 Å². The van der Waals surface area contributed by atoms with Crippen molar-refractivity contribution in [3.8, 4) is 16.9 Å². The van der Waals surface area contributed by atoms with Crippen molar-refractivity contribution in [3.63, 3.8) is 0 Å². The molecule has 0 aliphatic carbocycles. The van der Waals surface area contributed by atoms with Crippen LogP contribution in [0, 0.1) is 6.92 Å². The van der Waals surface area contributed by atoms with E-state index in [2.05, 4.69) is 77.8 Å². The van der Waals surface area contributed by atoms with Crippen LogP contribution in [-0.2, 0) is 11.3 Å². The molecule has 2 aliphatic rings. The van der Waals surface area contributed by atoms with Crippen molar-refractivity contribution in [3.05, 3.63) is 89.5 Å². The van der Waals surface area contributed by atoms with E-state index >= 15 is 0 Å². The highest BCUT2D eigenvalue weighted by Crippen LogP contribution is 2.44. The van der Waals surface area contributed by atoms with Crippen LogP contribution in [0.3, 0.4) is 0 Å². The molecule has 2 saturated heterocycles. The molecule has 5 rings (SSSR count). The van der Waals surface area contributed by atoms with E-state index in [1.165, 1.54) is 27.8 Å². The Morgan fingerprint density at radius 2 is 1.76 bits per heavy atom. The zero-order valence-electron chi connectivity index (χ0n) is 20.2. The number of aryl methyl sites for hydroxylation is 1. The van der Waals surface area contributed by atoms with Crippen LogP contribution in [0.25, 0.3) is 11.1 Å². The van der Waals surface area contributed by atoms with E-state index in [0.717, 1.165) is 44.6 Å². The Kier molecular flexibility index (Phi) is 6.42. The monoisotopic (exact) mass is 454 g/mol. The molecule has 0 aromatic heterocycles. The van der Waals surface area contributed by atoms with Gasteiger partial charge < -0.3 is 10.1 Å². The molecule has 1 spiro atoms. The molecule has 0 saturated carbocycles. The summed E-state index contributed by atoms with van der Waals surface area (Å²) in [5, 5.41) is 3.47. The SMILES string of the molecule is COc1ccccc1[C@@H]1CN(Cc2ccc(-c3ccccc3C)cc2)C[C@]12CCCCC(=O)N2. The normalized spacial score (nSPS) is 23.0. The molecule has 0 bridgehead atoms. The lowest BCUT2D eigenvalue weighted by molar-refractivity contribution is -0.122. The van der Waals surface area contributed by atoms with Crippen LogP contribution in [-0.4, -0.2) is 36.5 Å². The van der Waals surface area contributed by atoms with Crippen molar-refractivity contribution < 1.29 is 9.53 Å². The van der Waals surface area contributed by atoms with Crippen LogP contribution in [0.15, 0.2) is 72.8 Å². The lowest BCUT2D eigenvalue weighted by Gasteiger charge is -2.35. The smallest absolute Gasteiger partial charge is 0.220 e. The second-order valence-electron chi connectivity index (χ2n) is 9.89. The topological polar surface area (TPSA) is 41.6 Å². The first-order valence-corrected chi connectivity index (χ1v) is 12.4. The van der Waals surface area contributed by atoms with Gasteiger partial charge >= 0.3 is 0 Å². The Bertz CT molecular complexity index is 1160. The van der Waals surface area contributed by atoms with Gasteiger partial charge in [0.1, 0.15) is 5.75 Å². The maximum atomic E-state index is 12.7. The molecule has 3 aromatic carbocycles. The van der Waals surface area contributed by atoms with Gasteiger partial charge in [0.25, 0.3) is 0 Å². The summed E-state index contributed by atoms with van der Waals surface area (Å²) in [7, 11) is 1.74. The van der Waals surface area contributed by atoms with Crippen LogP contribution in [0.1, 0.15) is 48.3 Å². The highest BCUT2D eigenvalue weighted by atomic mass is 16.5. The minimum absolute atomic E-state index is 0.182. The quantitative estimate of drug-likeness (QED) is 0.538. The summed E-state index contributed by atoms with van der Waals surface area (Å²) in [6, 6.07) is 25.8.